The fourth-order valence-electron chi connectivity index (χ4n) is 2.68. The molecule has 150 valence electrons. The van der Waals surface area contributed by atoms with Gasteiger partial charge in [0.1, 0.15) is 6.54 Å². The van der Waals surface area contributed by atoms with E-state index in [2.05, 4.69) is 24.3 Å². The number of ether oxygens (including phenoxy) is 1. The van der Waals surface area contributed by atoms with E-state index in [1.807, 2.05) is 28.1 Å². The molecular formula is C21H37NO4. The number of quaternary nitrogens is 1. The van der Waals surface area contributed by atoms with E-state index in [0.717, 1.165) is 38.5 Å². The number of likely N-dealkylation sites (N-methyl/N-ethyl adjacent to an activating group) is 1. The van der Waals surface area contributed by atoms with Crippen LogP contribution in [0.15, 0.2) is 24.3 Å². The number of unbranched alkanes of at least 4 members (excludes halogenated alkanes) is 5. The van der Waals surface area contributed by atoms with E-state index in [1.165, 1.54) is 6.42 Å². The summed E-state index contributed by atoms with van der Waals surface area (Å²) in [7, 11) is 5.81. The summed E-state index contributed by atoms with van der Waals surface area (Å²) < 4.78 is 5.88. The van der Waals surface area contributed by atoms with Crippen molar-refractivity contribution in [3.8, 4) is 0 Å². The first-order valence-corrected chi connectivity index (χ1v) is 9.70. The molecule has 0 aliphatic heterocycles. The summed E-state index contributed by atoms with van der Waals surface area (Å²) in [5.74, 6) is -1.49. The Morgan fingerprint density at radius 3 is 2.27 bits per heavy atom. The molecule has 0 radical (unpaired) electrons. The molecule has 0 rings (SSSR count). The molecule has 0 saturated carbocycles. The molecule has 0 saturated heterocycles. The number of aliphatic carboxylic acids is 1. The zero-order valence-corrected chi connectivity index (χ0v) is 17.0. The molecule has 0 heterocycles. The van der Waals surface area contributed by atoms with Crippen molar-refractivity contribution in [3.05, 3.63) is 24.3 Å². The molecule has 0 amide bonds. The van der Waals surface area contributed by atoms with Gasteiger partial charge in [-0.15, -0.1) is 0 Å². The van der Waals surface area contributed by atoms with Crippen molar-refractivity contribution in [2.24, 2.45) is 0 Å². The van der Waals surface area contributed by atoms with Crippen molar-refractivity contribution in [3.63, 3.8) is 0 Å². The van der Waals surface area contributed by atoms with Gasteiger partial charge in [-0.05, 0) is 32.6 Å². The largest absolute Gasteiger partial charge is 0.550 e. The third-order valence-electron chi connectivity index (χ3n) is 3.87. The lowest BCUT2D eigenvalue weighted by Crippen LogP contribution is -2.45. The SMILES string of the molecule is C/C=C\C/C=C\CCCCCCCC(=O)OC(CC(=O)[O-])C[N+](C)(C)C. The third-order valence-corrected chi connectivity index (χ3v) is 3.87. The summed E-state index contributed by atoms with van der Waals surface area (Å²) in [6.45, 7) is 2.48. The first-order valence-electron chi connectivity index (χ1n) is 9.70. The van der Waals surface area contributed by atoms with Gasteiger partial charge < -0.3 is 19.1 Å². The van der Waals surface area contributed by atoms with E-state index in [4.69, 9.17) is 4.74 Å². The third kappa shape index (κ3) is 17.2. The van der Waals surface area contributed by atoms with Crippen LogP contribution in [0.4, 0.5) is 0 Å². The summed E-state index contributed by atoms with van der Waals surface area (Å²) in [6, 6.07) is 0. The van der Waals surface area contributed by atoms with E-state index in [0.29, 0.717) is 17.4 Å². The molecule has 0 N–H and O–H groups in total. The highest BCUT2D eigenvalue weighted by molar-refractivity contribution is 5.70. The van der Waals surface area contributed by atoms with E-state index in [1.54, 1.807) is 0 Å². The molecule has 0 bridgehead atoms. The molecule has 26 heavy (non-hydrogen) atoms. The van der Waals surface area contributed by atoms with Crippen LogP contribution in [0.25, 0.3) is 0 Å². The van der Waals surface area contributed by atoms with Gasteiger partial charge in [0.2, 0.25) is 0 Å². The number of carbonyl (C=O) groups is 2. The van der Waals surface area contributed by atoms with Crippen molar-refractivity contribution in [2.75, 3.05) is 27.7 Å². The fourth-order valence-corrected chi connectivity index (χ4v) is 2.68. The minimum Gasteiger partial charge on any atom is -0.550 e. The Kier molecular flexibility index (Phi) is 13.6. The molecule has 0 fully saturated rings. The summed E-state index contributed by atoms with van der Waals surface area (Å²) in [5, 5.41) is 10.8. The average Bonchev–Trinajstić information content (AvgIpc) is 2.50. The predicted octanol–water partition coefficient (Wildman–Crippen LogP) is 3.00. The minimum absolute atomic E-state index is 0.247. The first kappa shape index (κ1) is 24.4. The lowest BCUT2D eigenvalue weighted by atomic mass is 10.1. The molecule has 0 aromatic carbocycles. The van der Waals surface area contributed by atoms with E-state index in [-0.39, 0.29) is 12.4 Å². The summed E-state index contributed by atoms with van der Waals surface area (Å²) in [5.41, 5.74) is 0. The number of allylic oxidation sites excluding steroid dienone is 4. The molecular weight excluding hydrogens is 330 g/mol. The number of hydrogen-bond donors (Lipinski definition) is 0. The first-order chi connectivity index (χ1) is 12.2. The quantitative estimate of drug-likeness (QED) is 0.193. The van der Waals surface area contributed by atoms with Crippen LogP contribution >= 0.6 is 0 Å². The smallest absolute Gasteiger partial charge is 0.306 e. The molecule has 5 heteroatoms. The van der Waals surface area contributed by atoms with E-state index < -0.39 is 12.1 Å². The van der Waals surface area contributed by atoms with Crippen LogP contribution in [0.2, 0.25) is 0 Å². The Bertz CT molecular complexity index is 449. The van der Waals surface area contributed by atoms with Crippen molar-refractivity contribution >= 4 is 11.9 Å². The van der Waals surface area contributed by atoms with Gasteiger partial charge in [0, 0.05) is 18.8 Å². The Morgan fingerprint density at radius 2 is 1.65 bits per heavy atom. The number of carboxylic acid groups (broad SMARTS) is 1. The Balaban J connectivity index is 3.82. The lowest BCUT2D eigenvalue weighted by molar-refractivity contribution is -0.873. The molecule has 0 aliphatic carbocycles. The number of carbonyl (C=O) groups excluding carboxylic acids is 2. The van der Waals surface area contributed by atoms with Gasteiger partial charge in [0.05, 0.1) is 21.1 Å². The van der Waals surface area contributed by atoms with Crippen LogP contribution in [0, 0.1) is 0 Å². The van der Waals surface area contributed by atoms with Crippen LogP contribution in [-0.2, 0) is 14.3 Å². The second kappa shape index (κ2) is 14.5. The predicted molar refractivity (Wildman–Crippen MR) is 103 cm³/mol. The maximum atomic E-state index is 11.9. The van der Waals surface area contributed by atoms with Gasteiger partial charge >= 0.3 is 5.97 Å². The molecule has 0 spiro atoms. The number of nitrogens with zero attached hydrogens (tertiary/aromatic N) is 1. The van der Waals surface area contributed by atoms with Crippen LogP contribution in [0.5, 0.6) is 0 Å². The highest BCUT2D eigenvalue weighted by atomic mass is 16.5. The monoisotopic (exact) mass is 367 g/mol. The van der Waals surface area contributed by atoms with E-state index in [9.17, 15) is 14.7 Å². The number of rotatable bonds is 15. The summed E-state index contributed by atoms with van der Waals surface area (Å²) in [6.07, 6.45) is 15.4. The van der Waals surface area contributed by atoms with Gasteiger partial charge in [0.15, 0.2) is 6.10 Å². The van der Waals surface area contributed by atoms with E-state index >= 15 is 0 Å². The van der Waals surface area contributed by atoms with Crippen LogP contribution in [0.1, 0.15) is 64.7 Å². The van der Waals surface area contributed by atoms with Crippen LogP contribution in [0.3, 0.4) is 0 Å². The molecule has 0 aromatic rings. The fraction of sp³-hybridized carbons (Fsp3) is 0.714. The molecule has 5 nitrogen and oxygen atoms in total. The minimum atomic E-state index is -1.18. The highest BCUT2D eigenvalue weighted by Crippen LogP contribution is 2.11. The Hall–Kier alpha value is -1.62. The Labute approximate surface area is 159 Å². The summed E-state index contributed by atoms with van der Waals surface area (Å²) >= 11 is 0. The zero-order valence-electron chi connectivity index (χ0n) is 17.0. The normalized spacial score (nSPS) is 13.4. The molecule has 0 aliphatic rings. The Morgan fingerprint density at radius 1 is 1.00 bits per heavy atom. The number of hydrogen-bond acceptors (Lipinski definition) is 4. The van der Waals surface area contributed by atoms with Gasteiger partial charge in [-0.3, -0.25) is 4.79 Å². The zero-order chi connectivity index (χ0) is 19.8. The maximum absolute atomic E-state index is 11.9. The number of carboxylic acids is 1. The van der Waals surface area contributed by atoms with Crippen molar-refractivity contribution in [1.82, 2.24) is 0 Å². The van der Waals surface area contributed by atoms with Crippen molar-refractivity contribution in [1.29, 1.82) is 0 Å². The second-order valence-corrected chi connectivity index (χ2v) is 7.74. The van der Waals surface area contributed by atoms with Gasteiger partial charge in [-0.1, -0.05) is 43.6 Å². The van der Waals surface area contributed by atoms with Gasteiger partial charge in [-0.2, -0.15) is 0 Å². The standard InChI is InChI=1S/C21H37NO4/c1-5-6-7-8-9-10-11-12-13-14-15-16-21(25)26-19(17-20(23)24)18-22(2,3)4/h5-6,8-9,19H,7,10-18H2,1-4H3/b6-5-,9-8-. The van der Waals surface area contributed by atoms with Crippen LogP contribution in [-0.4, -0.2) is 50.2 Å². The average molecular weight is 368 g/mol. The molecule has 1 unspecified atom stereocenters. The van der Waals surface area contributed by atoms with Gasteiger partial charge in [0.25, 0.3) is 0 Å². The maximum Gasteiger partial charge on any atom is 0.306 e. The molecule has 1 atom stereocenters. The summed E-state index contributed by atoms with van der Waals surface area (Å²) in [4.78, 5) is 22.7. The highest BCUT2D eigenvalue weighted by Gasteiger charge is 2.22. The topological polar surface area (TPSA) is 66.4 Å². The van der Waals surface area contributed by atoms with Gasteiger partial charge in [-0.25, -0.2) is 0 Å². The van der Waals surface area contributed by atoms with Crippen LogP contribution < -0.4 is 5.11 Å². The molecule has 0 aromatic heterocycles. The van der Waals surface area contributed by atoms with Crippen molar-refractivity contribution in [2.45, 2.75) is 70.8 Å². The lowest BCUT2D eigenvalue weighted by Gasteiger charge is -2.29. The van der Waals surface area contributed by atoms with Crippen molar-refractivity contribution < 1.29 is 23.9 Å². The second-order valence-electron chi connectivity index (χ2n) is 7.74. The number of esters is 1.